The smallest absolute Gasteiger partial charge is 0.353 e. The van der Waals surface area contributed by atoms with Crippen LogP contribution in [-0.2, 0) is 15.8 Å². The molecule has 2 heterocycles. The van der Waals surface area contributed by atoms with E-state index < -0.39 is 11.7 Å². The Morgan fingerprint density at radius 2 is 1.71 bits per heavy atom. The molecule has 2 saturated heterocycles. The molecule has 0 bridgehead atoms. The molecule has 0 aromatic heterocycles. The lowest BCUT2D eigenvalue weighted by Crippen LogP contribution is -2.54. The van der Waals surface area contributed by atoms with Crippen molar-refractivity contribution in [2.24, 2.45) is 0 Å². The van der Waals surface area contributed by atoms with Crippen molar-refractivity contribution in [3.63, 3.8) is 0 Å². The SMILES string of the molecule is O=C(CN1C(=O)/C(=C/c2ccc(C(F)(F)F)cc2)SC2CCCCC21)NCCN1CCCCCC1. The largest absolute Gasteiger partial charge is 0.416 e. The molecule has 1 aliphatic carbocycles. The third-order valence-corrected chi connectivity index (χ3v) is 8.52. The fourth-order valence-electron chi connectivity index (χ4n) is 5.21. The van der Waals surface area contributed by atoms with Gasteiger partial charge < -0.3 is 15.1 Å². The van der Waals surface area contributed by atoms with Gasteiger partial charge >= 0.3 is 6.18 Å². The summed E-state index contributed by atoms with van der Waals surface area (Å²) >= 11 is 1.51. The van der Waals surface area contributed by atoms with Crippen LogP contribution in [0.4, 0.5) is 13.2 Å². The van der Waals surface area contributed by atoms with Crippen molar-refractivity contribution >= 4 is 29.7 Å². The Bertz CT molecular complexity index is 911. The van der Waals surface area contributed by atoms with Gasteiger partial charge in [-0.15, -0.1) is 11.8 Å². The number of amides is 2. The van der Waals surface area contributed by atoms with Gasteiger partial charge in [0.2, 0.25) is 5.91 Å². The molecule has 1 aromatic carbocycles. The minimum absolute atomic E-state index is 0.0161. The Kier molecular flexibility index (Phi) is 8.81. The van der Waals surface area contributed by atoms with E-state index in [2.05, 4.69) is 10.2 Å². The maximum absolute atomic E-state index is 13.4. The van der Waals surface area contributed by atoms with E-state index in [0.717, 1.165) is 57.5 Å². The molecule has 5 nitrogen and oxygen atoms in total. The van der Waals surface area contributed by atoms with Gasteiger partial charge in [0, 0.05) is 24.4 Å². The van der Waals surface area contributed by atoms with Gasteiger partial charge in [0.05, 0.1) is 10.5 Å². The molecule has 2 unspecified atom stereocenters. The predicted molar refractivity (Wildman–Crippen MR) is 133 cm³/mol. The summed E-state index contributed by atoms with van der Waals surface area (Å²) in [5, 5.41) is 3.19. The average Bonchev–Trinajstić information content (AvgIpc) is 3.10. The van der Waals surface area contributed by atoms with E-state index in [1.54, 1.807) is 11.0 Å². The molecular formula is C26H34F3N3O2S. The normalized spacial score (nSPS) is 25.3. The van der Waals surface area contributed by atoms with Crippen LogP contribution < -0.4 is 5.32 Å². The molecule has 0 spiro atoms. The second kappa shape index (κ2) is 11.8. The second-order valence-electron chi connectivity index (χ2n) is 9.68. The predicted octanol–water partition coefficient (Wildman–Crippen LogP) is 4.93. The number of nitrogens with zero attached hydrogens (tertiary/aromatic N) is 2. The van der Waals surface area contributed by atoms with Crippen molar-refractivity contribution in [1.29, 1.82) is 0 Å². The molecule has 3 fully saturated rings. The number of fused-ring (bicyclic) bond motifs is 1. The first-order chi connectivity index (χ1) is 16.8. The third-order valence-electron chi connectivity index (χ3n) is 7.12. The van der Waals surface area contributed by atoms with Crippen LogP contribution in [0.15, 0.2) is 29.2 Å². The third kappa shape index (κ3) is 7.03. The Balaban J connectivity index is 1.40. The molecule has 2 aliphatic heterocycles. The van der Waals surface area contributed by atoms with Gasteiger partial charge in [-0.1, -0.05) is 37.8 Å². The topological polar surface area (TPSA) is 52.7 Å². The summed E-state index contributed by atoms with van der Waals surface area (Å²) in [5.41, 5.74) is -0.168. The molecular weight excluding hydrogens is 475 g/mol. The number of carbonyl (C=O) groups excluding carboxylic acids is 2. The highest BCUT2D eigenvalue weighted by atomic mass is 32.2. The number of thioether (sulfide) groups is 1. The zero-order valence-electron chi connectivity index (χ0n) is 20.0. The number of carbonyl (C=O) groups is 2. The van der Waals surface area contributed by atoms with Gasteiger partial charge in [0.1, 0.15) is 6.54 Å². The number of nitrogens with one attached hydrogen (secondary N) is 1. The quantitative estimate of drug-likeness (QED) is 0.553. The van der Waals surface area contributed by atoms with E-state index in [-0.39, 0.29) is 29.7 Å². The van der Waals surface area contributed by atoms with Crippen LogP contribution in [0, 0.1) is 0 Å². The van der Waals surface area contributed by atoms with Crippen LogP contribution in [0.3, 0.4) is 0 Å². The lowest BCUT2D eigenvalue weighted by atomic mass is 9.93. The maximum atomic E-state index is 13.4. The number of likely N-dealkylation sites (tertiary alicyclic amines) is 1. The molecule has 1 N–H and O–H groups in total. The Labute approximate surface area is 209 Å². The summed E-state index contributed by atoms with van der Waals surface area (Å²) in [4.78, 5) is 30.7. The monoisotopic (exact) mass is 509 g/mol. The highest BCUT2D eigenvalue weighted by Gasteiger charge is 2.41. The van der Waals surface area contributed by atoms with Gasteiger partial charge in [0.25, 0.3) is 5.91 Å². The first-order valence-electron chi connectivity index (χ1n) is 12.7. The summed E-state index contributed by atoms with van der Waals surface area (Å²) in [6.07, 6.45) is 6.13. The van der Waals surface area contributed by atoms with Crippen LogP contribution in [0.5, 0.6) is 0 Å². The molecule has 2 amide bonds. The Hall–Kier alpha value is -2.00. The van der Waals surface area contributed by atoms with E-state index in [4.69, 9.17) is 0 Å². The number of benzene rings is 1. The van der Waals surface area contributed by atoms with Gasteiger partial charge in [0.15, 0.2) is 0 Å². The minimum Gasteiger partial charge on any atom is -0.353 e. The molecule has 0 radical (unpaired) electrons. The molecule has 1 aromatic rings. The Morgan fingerprint density at radius 1 is 1.03 bits per heavy atom. The Morgan fingerprint density at radius 3 is 2.40 bits per heavy atom. The van der Waals surface area contributed by atoms with Gasteiger partial charge in [-0.25, -0.2) is 0 Å². The van der Waals surface area contributed by atoms with Crippen molar-refractivity contribution in [2.45, 2.75) is 68.8 Å². The van der Waals surface area contributed by atoms with E-state index in [0.29, 0.717) is 17.0 Å². The molecule has 3 aliphatic rings. The van der Waals surface area contributed by atoms with Crippen LogP contribution in [-0.4, -0.2) is 65.6 Å². The molecule has 35 heavy (non-hydrogen) atoms. The van der Waals surface area contributed by atoms with E-state index >= 15 is 0 Å². The van der Waals surface area contributed by atoms with Gasteiger partial charge in [-0.2, -0.15) is 13.2 Å². The van der Waals surface area contributed by atoms with Crippen molar-refractivity contribution in [3.8, 4) is 0 Å². The van der Waals surface area contributed by atoms with Crippen LogP contribution in [0.25, 0.3) is 6.08 Å². The van der Waals surface area contributed by atoms with Crippen molar-refractivity contribution in [2.75, 3.05) is 32.7 Å². The summed E-state index contributed by atoms with van der Waals surface area (Å²) in [5.74, 6) is -0.362. The molecule has 4 rings (SSSR count). The van der Waals surface area contributed by atoms with Crippen molar-refractivity contribution in [3.05, 3.63) is 40.3 Å². The summed E-state index contributed by atoms with van der Waals surface area (Å²) in [6, 6.07) is 4.85. The fraction of sp³-hybridized carbons (Fsp3) is 0.615. The summed E-state index contributed by atoms with van der Waals surface area (Å²) in [6.45, 7) is 3.54. The number of halogens is 3. The lowest BCUT2D eigenvalue weighted by molar-refractivity contribution is -0.137. The second-order valence-corrected chi connectivity index (χ2v) is 11.0. The zero-order valence-corrected chi connectivity index (χ0v) is 20.8. The van der Waals surface area contributed by atoms with Crippen molar-refractivity contribution in [1.82, 2.24) is 15.1 Å². The molecule has 1 saturated carbocycles. The average molecular weight is 510 g/mol. The highest BCUT2D eigenvalue weighted by Crippen LogP contribution is 2.42. The summed E-state index contributed by atoms with van der Waals surface area (Å²) < 4.78 is 38.7. The lowest BCUT2D eigenvalue weighted by Gasteiger charge is -2.43. The van der Waals surface area contributed by atoms with Crippen LogP contribution >= 0.6 is 11.8 Å². The molecule has 9 heteroatoms. The standard InChI is InChI=1S/C26H34F3N3O2S/c27-26(28,29)20-11-9-19(10-12-20)17-23-25(34)32(21-7-3-4-8-22(21)35-23)18-24(33)30-13-16-31-14-5-1-2-6-15-31/h9-12,17,21-22H,1-8,13-16,18H2,(H,30,33)/b23-17-. The van der Waals surface area contributed by atoms with Gasteiger partial charge in [-0.05, 0) is 62.5 Å². The number of hydrogen-bond donors (Lipinski definition) is 1. The fourth-order valence-corrected chi connectivity index (χ4v) is 6.68. The summed E-state index contributed by atoms with van der Waals surface area (Å²) in [7, 11) is 0. The van der Waals surface area contributed by atoms with E-state index in [1.807, 2.05) is 0 Å². The first-order valence-corrected chi connectivity index (χ1v) is 13.5. The minimum atomic E-state index is -4.40. The van der Waals surface area contributed by atoms with Crippen LogP contribution in [0.2, 0.25) is 0 Å². The number of rotatable bonds is 6. The van der Waals surface area contributed by atoms with E-state index in [9.17, 15) is 22.8 Å². The number of alkyl halides is 3. The molecule has 2 atom stereocenters. The van der Waals surface area contributed by atoms with Crippen LogP contribution in [0.1, 0.15) is 62.5 Å². The highest BCUT2D eigenvalue weighted by molar-refractivity contribution is 8.04. The first kappa shape index (κ1) is 26.1. The zero-order chi connectivity index (χ0) is 24.8. The van der Waals surface area contributed by atoms with Gasteiger partial charge in [-0.3, -0.25) is 9.59 Å². The van der Waals surface area contributed by atoms with E-state index in [1.165, 1.54) is 49.6 Å². The van der Waals surface area contributed by atoms with Crippen molar-refractivity contribution < 1.29 is 22.8 Å². The maximum Gasteiger partial charge on any atom is 0.416 e. The molecule has 192 valence electrons. The number of hydrogen-bond acceptors (Lipinski definition) is 4.